The molecule has 3 rings (SSSR count). The summed E-state index contributed by atoms with van der Waals surface area (Å²) in [5.74, 6) is 1.46. The molecule has 0 atom stereocenters. The average Bonchev–Trinajstić information content (AvgIpc) is 3.15. The first kappa shape index (κ1) is 22.3. The number of fused-ring (bicyclic) bond motifs is 1. The molecule has 1 aromatic carbocycles. The molecule has 0 saturated heterocycles. The highest BCUT2D eigenvalue weighted by atomic mass is 35.5. The summed E-state index contributed by atoms with van der Waals surface area (Å²) in [7, 11) is 0. The fourth-order valence-corrected chi connectivity index (χ4v) is 3.48. The van der Waals surface area contributed by atoms with E-state index in [1.165, 1.54) is 0 Å². The largest absolute Gasteiger partial charge is 0.380 e. The number of ether oxygens (including phenoxy) is 1. The van der Waals surface area contributed by atoms with E-state index in [1.54, 1.807) is 46.9 Å². The number of hydrogen-bond donors (Lipinski definition) is 2. The number of carbonyl (C=O) groups is 1. The summed E-state index contributed by atoms with van der Waals surface area (Å²) in [6.45, 7) is 6.87. The zero-order valence-corrected chi connectivity index (χ0v) is 18.6. The summed E-state index contributed by atoms with van der Waals surface area (Å²) in [6.07, 6.45) is 1.75. The van der Waals surface area contributed by atoms with Gasteiger partial charge in [-0.15, -0.1) is 0 Å². The van der Waals surface area contributed by atoms with Gasteiger partial charge in [0.15, 0.2) is 10.8 Å². The topological polar surface area (TPSA) is 94.0 Å². The molecule has 0 spiro atoms. The van der Waals surface area contributed by atoms with Crippen LogP contribution >= 0.6 is 23.4 Å². The van der Waals surface area contributed by atoms with Crippen LogP contribution < -0.4 is 10.6 Å². The number of amides is 1. The monoisotopic (exact) mass is 448 g/mol. The molecular weight excluding hydrogens is 424 g/mol. The van der Waals surface area contributed by atoms with Crippen molar-refractivity contribution in [2.45, 2.75) is 25.5 Å². The molecule has 0 unspecified atom stereocenters. The van der Waals surface area contributed by atoms with E-state index in [0.717, 1.165) is 22.6 Å². The van der Waals surface area contributed by atoms with Crippen molar-refractivity contribution in [1.29, 1.82) is 0 Å². The molecule has 8 nitrogen and oxygen atoms in total. The second kappa shape index (κ2) is 11.1. The van der Waals surface area contributed by atoms with E-state index in [9.17, 15) is 4.79 Å². The van der Waals surface area contributed by atoms with Gasteiger partial charge in [0, 0.05) is 30.3 Å². The van der Waals surface area contributed by atoms with E-state index in [4.69, 9.17) is 16.3 Å². The summed E-state index contributed by atoms with van der Waals surface area (Å²) in [6, 6.07) is 6.79. The van der Waals surface area contributed by atoms with Crippen molar-refractivity contribution in [3.05, 3.63) is 41.0 Å². The van der Waals surface area contributed by atoms with Crippen LogP contribution in [0.15, 0.2) is 35.6 Å². The third-order valence-corrected chi connectivity index (χ3v) is 5.19. The molecule has 2 aromatic heterocycles. The predicted octanol–water partition coefficient (Wildman–Crippen LogP) is 3.47. The van der Waals surface area contributed by atoms with Crippen LogP contribution in [0, 0.1) is 0 Å². The third kappa shape index (κ3) is 5.84. The summed E-state index contributed by atoms with van der Waals surface area (Å²) in [5, 5.41) is 12.8. The highest BCUT2D eigenvalue weighted by Gasteiger charge is 2.13. The number of carbonyl (C=O) groups excluding carboxylic acids is 1. The van der Waals surface area contributed by atoms with Crippen molar-refractivity contribution in [3.8, 4) is 0 Å². The minimum absolute atomic E-state index is 0.154. The normalized spacial score (nSPS) is 11.0. The van der Waals surface area contributed by atoms with Gasteiger partial charge in [-0.25, -0.2) is 14.6 Å². The summed E-state index contributed by atoms with van der Waals surface area (Å²) < 4.78 is 7.17. The van der Waals surface area contributed by atoms with Gasteiger partial charge in [0.2, 0.25) is 0 Å². The van der Waals surface area contributed by atoms with Crippen LogP contribution in [-0.2, 0) is 11.3 Å². The lowest BCUT2D eigenvalue weighted by molar-refractivity contribution is 0.0952. The van der Waals surface area contributed by atoms with Crippen LogP contribution in [0.2, 0.25) is 5.02 Å². The van der Waals surface area contributed by atoms with Crippen LogP contribution in [0.5, 0.6) is 0 Å². The van der Waals surface area contributed by atoms with Crippen LogP contribution in [0.25, 0.3) is 11.0 Å². The van der Waals surface area contributed by atoms with Crippen LogP contribution in [0.1, 0.15) is 24.2 Å². The second-order valence-electron chi connectivity index (χ2n) is 6.28. The molecule has 2 N–H and O–H groups in total. The molecule has 3 aromatic rings. The standard InChI is InChI=1S/C20H25ClN6O2S/c1-3-29-12-10-22-17-16-13-24-27(18(16)26-20(25-17)30-4-2)11-9-23-19(28)14-5-7-15(21)8-6-14/h5-8,13H,3-4,9-12H2,1-2H3,(H,23,28)(H,22,25,26). The van der Waals surface area contributed by atoms with E-state index in [-0.39, 0.29) is 5.91 Å². The number of halogens is 1. The quantitative estimate of drug-likeness (QED) is 0.263. The Morgan fingerprint density at radius 3 is 2.73 bits per heavy atom. The van der Waals surface area contributed by atoms with Crippen molar-refractivity contribution in [1.82, 2.24) is 25.1 Å². The van der Waals surface area contributed by atoms with E-state index in [2.05, 4.69) is 32.6 Å². The van der Waals surface area contributed by atoms with E-state index in [0.29, 0.717) is 48.6 Å². The number of benzene rings is 1. The smallest absolute Gasteiger partial charge is 0.251 e. The Labute approximate surface area is 184 Å². The van der Waals surface area contributed by atoms with Crippen LogP contribution in [0.3, 0.4) is 0 Å². The predicted molar refractivity (Wildman–Crippen MR) is 120 cm³/mol. The molecular formula is C20H25ClN6O2S. The minimum atomic E-state index is -0.154. The minimum Gasteiger partial charge on any atom is -0.380 e. The van der Waals surface area contributed by atoms with Crippen molar-refractivity contribution in [2.24, 2.45) is 0 Å². The van der Waals surface area contributed by atoms with Gasteiger partial charge in [0.25, 0.3) is 5.91 Å². The second-order valence-corrected chi connectivity index (χ2v) is 7.95. The fraction of sp³-hybridized carbons (Fsp3) is 0.400. The lowest BCUT2D eigenvalue weighted by Crippen LogP contribution is -2.27. The Balaban J connectivity index is 1.69. The highest BCUT2D eigenvalue weighted by Crippen LogP contribution is 2.24. The molecule has 1 amide bonds. The van der Waals surface area contributed by atoms with Crippen molar-refractivity contribution < 1.29 is 9.53 Å². The van der Waals surface area contributed by atoms with Gasteiger partial charge in [-0.2, -0.15) is 5.10 Å². The number of nitrogens with zero attached hydrogens (tertiary/aromatic N) is 4. The molecule has 0 aliphatic heterocycles. The first-order chi connectivity index (χ1) is 14.6. The SMILES string of the molecule is CCOCCNc1nc(SCC)nc2c1cnn2CCNC(=O)c1ccc(Cl)cc1. The van der Waals surface area contributed by atoms with Gasteiger partial charge in [0.1, 0.15) is 5.82 Å². The van der Waals surface area contributed by atoms with E-state index in [1.807, 2.05) is 6.92 Å². The number of aromatic nitrogens is 4. The Morgan fingerprint density at radius 1 is 1.20 bits per heavy atom. The first-order valence-corrected chi connectivity index (χ1v) is 11.2. The molecule has 2 heterocycles. The molecule has 0 radical (unpaired) electrons. The number of nitrogens with one attached hydrogen (secondary N) is 2. The Kier molecular flexibility index (Phi) is 8.30. The molecule has 30 heavy (non-hydrogen) atoms. The van der Waals surface area contributed by atoms with Gasteiger partial charge in [-0.3, -0.25) is 4.79 Å². The van der Waals surface area contributed by atoms with E-state index >= 15 is 0 Å². The highest BCUT2D eigenvalue weighted by molar-refractivity contribution is 7.99. The Morgan fingerprint density at radius 2 is 2.00 bits per heavy atom. The van der Waals surface area contributed by atoms with E-state index < -0.39 is 0 Å². The average molecular weight is 449 g/mol. The molecule has 0 aliphatic rings. The Hall–Kier alpha value is -2.36. The van der Waals surface area contributed by atoms with Crippen LogP contribution in [0.4, 0.5) is 5.82 Å². The number of hydrogen-bond acceptors (Lipinski definition) is 7. The summed E-state index contributed by atoms with van der Waals surface area (Å²) >= 11 is 7.44. The maximum absolute atomic E-state index is 12.3. The zero-order chi connectivity index (χ0) is 21.3. The summed E-state index contributed by atoms with van der Waals surface area (Å²) in [5.41, 5.74) is 1.30. The first-order valence-electron chi connectivity index (χ1n) is 9.84. The number of anilines is 1. The summed E-state index contributed by atoms with van der Waals surface area (Å²) in [4.78, 5) is 21.5. The van der Waals surface area contributed by atoms with Gasteiger partial charge in [-0.05, 0) is 36.9 Å². The fourth-order valence-electron chi connectivity index (χ4n) is 2.79. The van der Waals surface area contributed by atoms with Gasteiger partial charge in [-0.1, -0.05) is 30.3 Å². The molecule has 0 fully saturated rings. The Bertz CT molecular complexity index is 979. The molecule has 0 aliphatic carbocycles. The molecule has 10 heteroatoms. The number of rotatable bonds is 11. The third-order valence-electron chi connectivity index (χ3n) is 4.21. The maximum atomic E-state index is 12.3. The van der Waals surface area contributed by atoms with Crippen molar-refractivity contribution in [3.63, 3.8) is 0 Å². The van der Waals surface area contributed by atoms with Crippen molar-refractivity contribution in [2.75, 3.05) is 37.4 Å². The lowest BCUT2D eigenvalue weighted by Gasteiger charge is -2.10. The maximum Gasteiger partial charge on any atom is 0.251 e. The number of thioether (sulfide) groups is 1. The van der Waals surface area contributed by atoms with Gasteiger partial charge >= 0.3 is 0 Å². The zero-order valence-electron chi connectivity index (χ0n) is 17.0. The van der Waals surface area contributed by atoms with Gasteiger partial charge < -0.3 is 15.4 Å². The molecule has 0 saturated carbocycles. The van der Waals surface area contributed by atoms with Gasteiger partial charge in [0.05, 0.1) is 24.7 Å². The lowest BCUT2D eigenvalue weighted by atomic mass is 10.2. The van der Waals surface area contributed by atoms with Crippen LogP contribution in [-0.4, -0.2) is 57.7 Å². The molecule has 160 valence electrons. The molecule has 0 bridgehead atoms. The van der Waals surface area contributed by atoms with Crippen molar-refractivity contribution >= 4 is 46.1 Å².